The number of carbonyl (C=O) groups is 1. The van der Waals surface area contributed by atoms with E-state index < -0.39 is 0 Å². The van der Waals surface area contributed by atoms with Crippen LogP contribution in [0.3, 0.4) is 0 Å². The topological polar surface area (TPSA) is 49.8 Å². The van der Waals surface area contributed by atoms with E-state index in [4.69, 9.17) is 4.74 Å². The molecule has 2 saturated heterocycles. The molecule has 2 rings (SSSR count). The molecule has 0 aliphatic carbocycles. The van der Waals surface area contributed by atoms with Gasteiger partial charge in [-0.2, -0.15) is 0 Å². The molecule has 0 radical (unpaired) electrons. The highest BCUT2D eigenvalue weighted by Gasteiger charge is 2.30. The van der Waals surface area contributed by atoms with Crippen molar-refractivity contribution in [3.05, 3.63) is 0 Å². The van der Waals surface area contributed by atoms with Gasteiger partial charge in [0.05, 0.1) is 18.6 Å². The number of carbonyl (C=O) groups excluding carboxylic acids is 1. The van der Waals surface area contributed by atoms with Gasteiger partial charge in [0.25, 0.3) is 0 Å². The molecule has 0 unspecified atom stereocenters. The van der Waals surface area contributed by atoms with Crippen molar-refractivity contribution in [3.8, 4) is 0 Å². The van der Waals surface area contributed by atoms with E-state index in [0.717, 1.165) is 25.8 Å². The van der Waals surface area contributed by atoms with Gasteiger partial charge in [0.15, 0.2) is 0 Å². The lowest BCUT2D eigenvalue weighted by atomic mass is 10.0. The monoisotopic (exact) mass is 199 g/mol. The van der Waals surface area contributed by atoms with Crippen molar-refractivity contribution in [3.63, 3.8) is 0 Å². The van der Waals surface area contributed by atoms with E-state index in [2.05, 4.69) is 0 Å². The molecule has 14 heavy (non-hydrogen) atoms. The van der Waals surface area contributed by atoms with Crippen LogP contribution < -0.4 is 0 Å². The van der Waals surface area contributed by atoms with E-state index in [1.807, 2.05) is 0 Å². The minimum atomic E-state index is -0.324. The maximum absolute atomic E-state index is 11.9. The second-order valence-electron chi connectivity index (χ2n) is 4.14. The number of amides is 1. The van der Waals surface area contributed by atoms with Crippen LogP contribution in [0.4, 0.5) is 0 Å². The van der Waals surface area contributed by atoms with Crippen LogP contribution in [-0.2, 0) is 9.53 Å². The Morgan fingerprint density at radius 1 is 1.43 bits per heavy atom. The fraction of sp³-hybridized carbons (Fsp3) is 0.900. The summed E-state index contributed by atoms with van der Waals surface area (Å²) in [6.45, 7) is 2.57. The molecule has 2 fully saturated rings. The van der Waals surface area contributed by atoms with Crippen LogP contribution in [0.5, 0.6) is 0 Å². The normalized spacial score (nSPS) is 33.4. The van der Waals surface area contributed by atoms with E-state index in [9.17, 15) is 9.90 Å². The minimum Gasteiger partial charge on any atom is -0.391 e. The minimum absolute atomic E-state index is 0.0419. The molecule has 0 aromatic carbocycles. The highest BCUT2D eigenvalue weighted by atomic mass is 16.5. The predicted molar refractivity (Wildman–Crippen MR) is 50.7 cm³/mol. The van der Waals surface area contributed by atoms with E-state index >= 15 is 0 Å². The van der Waals surface area contributed by atoms with Crippen molar-refractivity contribution in [2.45, 2.75) is 25.4 Å². The summed E-state index contributed by atoms with van der Waals surface area (Å²) in [5.74, 6) is 0.210. The van der Waals surface area contributed by atoms with Crippen molar-refractivity contribution < 1.29 is 14.6 Å². The van der Waals surface area contributed by atoms with Gasteiger partial charge in [-0.15, -0.1) is 0 Å². The molecule has 0 aromatic heterocycles. The number of nitrogens with zero attached hydrogens (tertiary/aromatic N) is 1. The Kier molecular flexibility index (Phi) is 3.03. The van der Waals surface area contributed by atoms with Gasteiger partial charge in [-0.3, -0.25) is 4.79 Å². The quantitative estimate of drug-likeness (QED) is 0.647. The lowest BCUT2D eigenvalue weighted by molar-refractivity contribution is -0.138. The standard InChI is InChI=1S/C10H17NO3/c12-9-2-1-4-11(6-9)10(13)8-3-5-14-7-8/h8-9,12H,1-7H2/t8-,9-/m1/s1. The van der Waals surface area contributed by atoms with E-state index in [1.54, 1.807) is 4.90 Å². The number of hydrogen-bond acceptors (Lipinski definition) is 3. The van der Waals surface area contributed by atoms with E-state index in [0.29, 0.717) is 19.8 Å². The molecule has 4 nitrogen and oxygen atoms in total. The summed E-state index contributed by atoms with van der Waals surface area (Å²) in [5, 5.41) is 9.45. The molecular formula is C10H17NO3. The molecule has 2 aliphatic heterocycles. The van der Waals surface area contributed by atoms with Crippen molar-refractivity contribution in [1.29, 1.82) is 0 Å². The van der Waals surface area contributed by atoms with Crippen LogP contribution in [0.2, 0.25) is 0 Å². The largest absolute Gasteiger partial charge is 0.391 e. The van der Waals surface area contributed by atoms with Gasteiger partial charge in [-0.05, 0) is 19.3 Å². The van der Waals surface area contributed by atoms with Crippen LogP contribution in [0.15, 0.2) is 0 Å². The van der Waals surface area contributed by atoms with Crippen LogP contribution in [0.1, 0.15) is 19.3 Å². The van der Waals surface area contributed by atoms with Crippen molar-refractivity contribution in [2.24, 2.45) is 5.92 Å². The van der Waals surface area contributed by atoms with E-state index in [-0.39, 0.29) is 17.9 Å². The zero-order chi connectivity index (χ0) is 9.97. The summed E-state index contributed by atoms with van der Waals surface area (Å²) in [4.78, 5) is 13.7. The molecule has 1 amide bonds. The average molecular weight is 199 g/mol. The highest BCUT2D eigenvalue weighted by Crippen LogP contribution is 2.18. The third kappa shape index (κ3) is 2.07. The maximum Gasteiger partial charge on any atom is 0.228 e. The van der Waals surface area contributed by atoms with Gasteiger partial charge in [0.2, 0.25) is 5.91 Å². The number of piperidine rings is 1. The molecular weight excluding hydrogens is 182 g/mol. The summed E-state index contributed by atoms with van der Waals surface area (Å²) in [7, 11) is 0. The first-order chi connectivity index (χ1) is 6.77. The molecule has 0 aromatic rings. The number of hydrogen-bond donors (Lipinski definition) is 1. The lowest BCUT2D eigenvalue weighted by Gasteiger charge is -2.31. The molecule has 2 aliphatic rings. The first-order valence-corrected chi connectivity index (χ1v) is 5.32. The first kappa shape index (κ1) is 9.93. The fourth-order valence-electron chi connectivity index (χ4n) is 2.14. The molecule has 0 spiro atoms. The average Bonchev–Trinajstić information content (AvgIpc) is 2.69. The van der Waals surface area contributed by atoms with Crippen LogP contribution >= 0.6 is 0 Å². The zero-order valence-electron chi connectivity index (χ0n) is 8.32. The van der Waals surface area contributed by atoms with Gasteiger partial charge >= 0.3 is 0 Å². The Bertz CT molecular complexity index is 213. The molecule has 2 heterocycles. The van der Waals surface area contributed by atoms with Gasteiger partial charge < -0.3 is 14.7 Å². The van der Waals surface area contributed by atoms with Crippen LogP contribution in [0.25, 0.3) is 0 Å². The Morgan fingerprint density at radius 2 is 2.29 bits per heavy atom. The Labute approximate surface area is 83.8 Å². The summed E-state index contributed by atoms with van der Waals surface area (Å²) in [5.41, 5.74) is 0. The van der Waals surface area contributed by atoms with Crippen LogP contribution in [-0.4, -0.2) is 48.3 Å². The SMILES string of the molecule is O=C([C@@H]1CCOC1)N1CCC[C@@H](O)C1. The molecule has 4 heteroatoms. The van der Waals surface area contributed by atoms with Gasteiger partial charge in [0.1, 0.15) is 0 Å². The van der Waals surface area contributed by atoms with E-state index in [1.165, 1.54) is 0 Å². The number of aliphatic hydroxyl groups excluding tert-OH is 1. The third-order valence-corrected chi connectivity index (χ3v) is 2.99. The molecule has 2 atom stereocenters. The smallest absolute Gasteiger partial charge is 0.228 e. The second kappa shape index (κ2) is 4.28. The Balaban J connectivity index is 1.89. The van der Waals surface area contributed by atoms with Gasteiger partial charge in [-0.1, -0.05) is 0 Å². The number of aliphatic hydroxyl groups is 1. The summed E-state index contributed by atoms with van der Waals surface area (Å²) >= 11 is 0. The number of likely N-dealkylation sites (tertiary alicyclic amines) is 1. The van der Waals surface area contributed by atoms with Crippen molar-refractivity contribution in [1.82, 2.24) is 4.90 Å². The molecule has 0 bridgehead atoms. The van der Waals surface area contributed by atoms with Crippen molar-refractivity contribution >= 4 is 5.91 Å². The predicted octanol–water partition coefficient (Wildman–Crippen LogP) is 0.00620. The van der Waals surface area contributed by atoms with Gasteiger partial charge in [-0.25, -0.2) is 0 Å². The van der Waals surface area contributed by atoms with Crippen LogP contribution in [0, 0.1) is 5.92 Å². The first-order valence-electron chi connectivity index (χ1n) is 5.32. The maximum atomic E-state index is 11.9. The zero-order valence-corrected chi connectivity index (χ0v) is 8.32. The summed E-state index contributed by atoms with van der Waals surface area (Å²) < 4.78 is 5.19. The Hall–Kier alpha value is -0.610. The molecule has 0 saturated carbocycles. The fourth-order valence-corrected chi connectivity index (χ4v) is 2.14. The second-order valence-corrected chi connectivity index (χ2v) is 4.14. The summed E-state index contributed by atoms with van der Waals surface area (Å²) in [6, 6.07) is 0. The number of β-amino-alcohol motifs (C(OH)–C–C–N with tert-alkyl or cyclic N) is 1. The summed E-state index contributed by atoms with van der Waals surface area (Å²) in [6.07, 6.45) is 2.26. The third-order valence-electron chi connectivity index (χ3n) is 2.99. The molecule has 1 N–H and O–H groups in total. The number of rotatable bonds is 1. The highest BCUT2D eigenvalue weighted by molar-refractivity contribution is 5.79. The molecule has 80 valence electrons. The lowest BCUT2D eigenvalue weighted by Crippen LogP contribution is -2.45. The van der Waals surface area contributed by atoms with Crippen molar-refractivity contribution in [2.75, 3.05) is 26.3 Å². The van der Waals surface area contributed by atoms with Gasteiger partial charge in [0, 0.05) is 19.7 Å². The number of ether oxygens (including phenoxy) is 1. The Morgan fingerprint density at radius 3 is 2.93 bits per heavy atom.